The Morgan fingerprint density at radius 3 is 2.29 bits per heavy atom. The number of halogens is 3. The molecule has 0 aliphatic carbocycles. The summed E-state index contributed by atoms with van der Waals surface area (Å²) in [7, 11) is 0. The highest BCUT2D eigenvalue weighted by Gasteiger charge is 2.19. The third-order valence-corrected chi connectivity index (χ3v) is 3.98. The zero-order valence-electron chi connectivity index (χ0n) is 14.8. The molecule has 144 valence electrons. The van der Waals surface area contributed by atoms with Crippen molar-refractivity contribution in [2.75, 3.05) is 17.2 Å². The van der Waals surface area contributed by atoms with Gasteiger partial charge in [0, 0.05) is 6.54 Å². The van der Waals surface area contributed by atoms with Crippen molar-refractivity contribution in [2.45, 2.75) is 12.8 Å². The Balaban J connectivity index is 1.51. The van der Waals surface area contributed by atoms with Gasteiger partial charge in [-0.1, -0.05) is 30.3 Å². The van der Waals surface area contributed by atoms with Crippen LogP contribution >= 0.6 is 0 Å². The van der Waals surface area contributed by atoms with E-state index >= 15 is 0 Å². The standard InChI is InChI=1S/C20H17F3N4O/c21-15-9-8-14(18(22)19(15)23)20(28)25-17-11-10-16(26-27-17)24-12-4-7-13-5-2-1-3-6-13/h1-3,5-6,8-11H,4,7,12H2,(H,24,26)(H,25,27,28). The minimum absolute atomic E-state index is 0.0592. The lowest BCUT2D eigenvalue weighted by Crippen LogP contribution is -2.16. The molecule has 3 rings (SSSR count). The zero-order chi connectivity index (χ0) is 19.9. The Morgan fingerprint density at radius 1 is 0.857 bits per heavy atom. The van der Waals surface area contributed by atoms with Crippen LogP contribution in [0.4, 0.5) is 24.8 Å². The fourth-order valence-corrected chi connectivity index (χ4v) is 2.53. The average molecular weight is 386 g/mol. The average Bonchev–Trinajstić information content (AvgIpc) is 2.71. The lowest BCUT2D eigenvalue weighted by molar-refractivity contribution is 0.102. The fourth-order valence-electron chi connectivity index (χ4n) is 2.53. The molecule has 8 heteroatoms. The fraction of sp³-hybridized carbons (Fsp3) is 0.150. The van der Waals surface area contributed by atoms with Gasteiger partial charge in [0.25, 0.3) is 5.91 Å². The van der Waals surface area contributed by atoms with E-state index in [1.165, 1.54) is 11.6 Å². The number of nitrogens with zero attached hydrogens (tertiary/aromatic N) is 2. The summed E-state index contributed by atoms with van der Waals surface area (Å²) in [6, 6.07) is 14.7. The molecule has 1 aromatic heterocycles. The monoisotopic (exact) mass is 386 g/mol. The van der Waals surface area contributed by atoms with Crippen LogP contribution < -0.4 is 10.6 Å². The van der Waals surface area contributed by atoms with Gasteiger partial charge in [-0.2, -0.15) is 0 Å². The Morgan fingerprint density at radius 2 is 1.57 bits per heavy atom. The number of aryl methyl sites for hydroxylation is 1. The van der Waals surface area contributed by atoms with Gasteiger partial charge in [0.1, 0.15) is 5.82 Å². The summed E-state index contributed by atoms with van der Waals surface area (Å²) >= 11 is 0. The normalized spacial score (nSPS) is 10.5. The molecule has 28 heavy (non-hydrogen) atoms. The number of benzene rings is 2. The van der Waals surface area contributed by atoms with E-state index in [2.05, 4.69) is 33.0 Å². The summed E-state index contributed by atoms with van der Waals surface area (Å²) < 4.78 is 39.8. The van der Waals surface area contributed by atoms with Crippen molar-refractivity contribution < 1.29 is 18.0 Å². The first-order chi connectivity index (χ1) is 13.5. The van der Waals surface area contributed by atoms with Crippen LogP contribution in [0.25, 0.3) is 0 Å². The quantitative estimate of drug-likeness (QED) is 0.472. The molecule has 0 saturated carbocycles. The molecule has 0 bridgehead atoms. The van der Waals surface area contributed by atoms with Gasteiger partial charge in [-0.05, 0) is 42.7 Å². The molecule has 3 aromatic rings. The second-order valence-corrected chi connectivity index (χ2v) is 6.00. The predicted octanol–water partition coefficient (Wildman–Crippen LogP) is 4.19. The second-order valence-electron chi connectivity index (χ2n) is 6.00. The number of carbonyl (C=O) groups excluding carboxylic acids is 1. The molecule has 0 radical (unpaired) electrons. The number of hydrogen-bond acceptors (Lipinski definition) is 4. The molecule has 1 heterocycles. The minimum atomic E-state index is -1.70. The van der Waals surface area contributed by atoms with Gasteiger partial charge >= 0.3 is 0 Å². The second kappa shape index (κ2) is 8.98. The molecule has 1 amide bonds. The molecule has 2 aromatic carbocycles. The summed E-state index contributed by atoms with van der Waals surface area (Å²) in [6.45, 7) is 0.690. The third kappa shape index (κ3) is 4.85. The van der Waals surface area contributed by atoms with Crippen LogP contribution in [0.2, 0.25) is 0 Å². The van der Waals surface area contributed by atoms with Crippen LogP contribution in [0.1, 0.15) is 22.3 Å². The number of aromatic nitrogens is 2. The summed E-state index contributed by atoms with van der Waals surface area (Å²) in [4.78, 5) is 12.0. The predicted molar refractivity (Wildman–Crippen MR) is 99.6 cm³/mol. The van der Waals surface area contributed by atoms with Crippen LogP contribution in [-0.2, 0) is 6.42 Å². The first kappa shape index (κ1) is 19.3. The van der Waals surface area contributed by atoms with Crippen molar-refractivity contribution in [3.63, 3.8) is 0 Å². The van der Waals surface area contributed by atoms with Crippen molar-refractivity contribution in [1.82, 2.24) is 10.2 Å². The summed E-state index contributed by atoms with van der Waals surface area (Å²) in [5, 5.41) is 13.1. The SMILES string of the molecule is O=C(Nc1ccc(NCCCc2ccccc2)nn1)c1ccc(F)c(F)c1F. The number of nitrogens with one attached hydrogen (secondary N) is 2. The van der Waals surface area contributed by atoms with Crippen molar-refractivity contribution in [3.05, 3.63) is 83.2 Å². The van der Waals surface area contributed by atoms with Crippen LogP contribution in [0, 0.1) is 17.5 Å². The van der Waals surface area contributed by atoms with Gasteiger partial charge in [0.2, 0.25) is 0 Å². The molecule has 0 aliphatic rings. The van der Waals surface area contributed by atoms with Gasteiger partial charge in [0.05, 0.1) is 5.56 Å². The number of rotatable bonds is 7. The van der Waals surface area contributed by atoms with E-state index in [1.807, 2.05) is 18.2 Å². The maximum Gasteiger partial charge on any atom is 0.259 e. The molecular formula is C20H17F3N4O. The third-order valence-electron chi connectivity index (χ3n) is 3.98. The molecular weight excluding hydrogens is 369 g/mol. The maximum absolute atomic E-state index is 13.7. The molecule has 0 unspecified atom stereocenters. The van der Waals surface area contributed by atoms with Gasteiger partial charge < -0.3 is 10.6 Å². The topological polar surface area (TPSA) is 66.9 Å². The maximum atomic E-state index is 13.7. The van der Waals surface area contributed by atoms with Gasteiger partial charge in [-0.3, -0.25) is 4.79 Å². The Labute approximate surface area is 159 Å². The van der Waals surface area contributed by atoms with Crippen LogP contribution in [-0.4, -0.2) is 22.6 Å². The molecule has 0 fully saturated rings. The number of hydrogen-bond donors (Lipinski definition) is 2. The molecule has 5 nitrogen and oxygen atoms in total. The van der Waals surface area contributed by atoms with Crippen LogP contribution in [0.15, 0.2) is 54.6 Å². The van der Waals surface area contributed by atoms with Gasteiger partial charge in [-0.25, -0.2) is 13.2 Å². The summed E-state index contributed by atoms with van der Waals surface area (Å²) in [6.07, 6.45) is 1.83. The Bertz CT molecular complexity index is 950. The Kier molecular flexibility index (Phi) is 6.21. The van der Waals surface area contributed by atoms with E-state index in [4.69, 9.17) is 0 Å². The lowest BCUT2D eigenvalue weighted by atomic mass is 10.1. The smallest absolute Gasteiger partial charge is 0.259 e. The Hall–Kier alpha value is -3.42. The number of anilines is 2. The van der Waals surface area contributed by atoms with Gasteiger partial charge in [0.15, 0.2) is 23.3 Å². The zero-order valence-corrected chi connectivity index (χ0v) is 14.8. The van der Waals surface area contributed by atoms with Crippen molar-refractivity contribution in [3.8, 4) is 0 Å². The van der Waals surface area contributed by atoms with Crippen molar-refractivity contribution in [1.29, 1.82) is 0 Å². The minimum Gasteiger partial charge on any atom is -0.369 e. The molecule has 0 saturated heterocycles. The van der Waals surface area contributed by atoms with Crippen LogP contribution in [0.5, 0.6) is 0 Å². The lowest BCUT2D eigenvalue weighted by Gasteiger charge is -2.08. The summed E-state index contributed by atoms with van der Waals surface area (Å²) in [5.74, 6) is -4.99. The highest BCUT2D eigenvalue weighted by molar-refractivity contribution is 6.03. The highest BCUT2D eigenvalue weighted by atomic mass is 19.2. The number of carbonyl (C=O) groups is 1. The molecule has 2 N–H and O–H groups in total. The van der Waals surface area contributed by atoms with Crippen LogP contribution in [0.3, 0.4) is 0 Å². The largest absolute Gasteiger partial charge is 0.369 e. The first-order valence-electron chi connectivity index (χ1n) is 8.61. The van der Waals surface area contributed by atoms with Gasteiger partial charge in [-0.15, -0.1) is 10.2 Å². The van der Waals surface area contributed by atoms with E-state index in [1.54, 1.807) is 6.07 Å². The molecule has 0 spiro atoms. The summed E-state index contributed by atoms with van der Waals surface area (Å²) in [5.41, 5.74) is 0.627. The van der Waals surface area contributed by atoms with E-state index in [0.29, 0.717) is 18.4 Å². The van der Waals surface area contributed by atoms with E-state index < -0.39 is 28.9 Å². The molecule has 0 atom stereocenters. The first-order valence-corrected chi connectivity index (χ1v) is 8.61. The van der Waals surface area contributed by atoms with E-state index in [-0.39, 0.29) is 5.82 Å². The van der Waals surface area contributed by atoms with Crippen molar-refractivity contribution >= 4 is 17.5 Å². The van der Waals surface area contributed by atoms with E-state index in [0.717, 1.165) is 18.9 Å². The van der Waals surface area contributed by atoms with Crippen molar-refractivity contribution in [2.24, 2.45) is 0 Å². The molecule has 0 aliphatic heterocycles. The highest BCUT2D eigenvalue weighted by Crippen LogP contribution is 2.16. The number of amides is 1. The van der Waals surface area contributed by atoms with E-state index in [9.17, 15) is 18.0 Å².